The zero-order valence-electron chi connectivity index (χ0n) is 6.78. The molecule has 1 radical (unpaired) electrons. The first-order chi connectivity index (χ1) is 5.27. The van der Waals surface area contributed by atoms with Gasteiger partial charge in [0, 0.05) is 0 Å². The van der Waals surface area contributed by atoms with Crippen molar-refractivity contribution in [3.8, 4) is 0 Å². The van der Waals surface area contributed by atoms with Gasteiger partial charge in [0.15, 0.2) is 0 Å². The number of unbranched alkanes of at least 4 members (excludes halogenated alkanes) is 5. The van der Waals surface area contributed by atoms with Crippen LogP contribution in [0.2, 0.25) is 0 Å². The Morgan fingerprint density at radius 2 is 1.73 bits per heavy atom. The second kappa shape index (κ2) is 7.70. The van der Waals surface area contributed by atoms with Crippen LogP contribution in [0, 0.1) is 6.92 Å². The van der Waals surface area contributed by atoms with Gasteiger partial charge in [-0.1, -0.05) is 32.6 Å². The highest BCUT2D eigenvalue weighted by atomic mass is 19.3. The van der Waals surface area contributed by atoms with Gasteiger partial charge in [-0.15, -0.1) is 0 Å². The molecule has 0 N–H and O–H groups in total. The number of halogens is 2. The quantitative estimate of drug-likeness (QED) is 0.517. The summed E-state index contributed by atoms with van der Waals surface area (Å²) in [6, 6.07) is 0. The Kier molecular flexibility index (Phi) is 7.42. The molecule has 0 aromatic rings. The fraction of sp³-hybridized carbons (Fsp3) is 0.667. The topological polar surface area (TPSA) is 0 Å². The summed E-state index contributed by atoms with van der Waals surface area (Å²) >= 11 is 0. The summed E-state index contributed by atoms with van der Waals surface area (Å²) in [7, 11) is 0. The summed E-state index contributed by atoms with van der Waals surface area (Å²) in [5.74, 6) is 0. The Bertz CT molecular complexity index is 104. The SMILES string of the molecule is [CH2]CCCCCCC=C(F)F. The predicted molar refractivity (Wildman–Crippen MR) is 43.4 cm³/mol. The molecule has 0 saturated carbocycles. The molecule has 0 atom stereocenters. The zero-order valence-corrected chi connectivity index (χ0v) is 6.78. The van der Waals surface area contributed by atoms with E-state index in [2.05, 4.69) is 6.92 Å². The first kappa shape index (κ1) is 10.6. The van der Waals surface area contributed by atoms with Gasteiger partial charge in [-0.25, -0.2) is 0 Å². The van der Waals surface area contributed by atoms with E-state index in [0.29, 0.717) is 6.42 Å². The number of hydrogen-bond acceptors (Lipinski definition) is 0. The second-order valence-electron chi connectivity index (χ2n) is 2.55. The molecule has 0 fully saturated rings. The summed E-state index contributed by atoms with van der Waals surface area (Å²) < 4.78 is 22.9. The molecular weight excluding hydrogens is 146 g/mol. The Morgan fingerprint density at radius 3 is 2.27 bits per heavy atom. The van der Waals surface area contributed by atoms with Crippen molar-refractivity contribution in [3.05, 3.63) is 19.1 Å². The Labute approximate surface area is 67.3 Å². The first-order valence-corrected chi connectivity index (χ1v) is 4.07. The highest BCUT2D eigenvalue weighted by molar-refractivity contribution is 4.79. The second-order valence-corrected chi connectivity index (χ2v) is 2.55. The molecule has 0 aliphatic carbocycles. The standard InChI is InChI=1S/C9H15F2/c1-2-3-4-5-6-7-8-9(10)11/h8H,1-7H2. The molecule has 0 aromatic heterocycles. The lowest BCUT2D eigenvalue weighted by atomic mass is 10.1. The lowest BCUT2D eigenvalue weighted by Crippen LogP contribution is -1.76. The summed E-state index contributed by atoms with van der Waals surface area (Å²) in [6.07, 6.45) is 5.04. The van der Waals surface area contributed by atoms with Gasteiger partial charge in [0.05, 0.1) is 0 Å². The minimum Gasteiger partial charge on any atom is -0.174 e. The van der Waals surface area contributed by atoms with Crippen LogP contribution in [0.25, 0.3) is 0 Å². The van der Waals surface area contributed by atoms with Gasteiger partial charge in [0.1, 0.15) is 0 Å². The summed E-state index contributed by atoms with van der Waals surface area (Å²) in [4.78, 5) is 0. The highest BCUT2D eigenvalue weighted by Gasteiger charge is 1.89. The Morgan fingerprint density at radius 1 is 1.09 bits per heavy atom. The average molecular weight is 161 g/mol. The van der Waals surface area contributed by atoms with E-state index in [4.69, 9.17) is 0 Å². The van der Waals surface area contributed by atoms with E-state index < -0.39 is 6.08 Å². The molecule has 0 aliphatic rings. The molecule has 0 aromatic carbocycles. The molecule has 0 unspecified atom stereocenters. The minimum absolute atomic E-state index is 0.513. The van der Waals surface area contributed by atoms with Crippen LogP contribution >= 0.6 is 0 Å². The maximum absolute atomic E-state index is 11.5. The fourth-order valence-electron chi connectivity index (χ4n) is 0.886. The van der Waals surface area contributed by atoms with E-state index in [0.717, 1.165) is 38.2 Å². The van der Waals surface area contributed by atoms with Gasteiger partial charge in [0.2, 0.25) is 0 Å². The fourth-order valence-corrected chi connectivity index (χ4v) is 0.886. The molecule has 0 spiro atoms. The highest BCUT2D eigenvalue weighted by Crippen LogP contribution is 2.07. The molecule has 65 valence electrons. The van der Waals surface area contributed by atoms with Gasteiger partial charge in [-0.2, -0.15) is 8.78 Å². The number of hydrogen-bond donors (Lipinski definition) is 0. The van der Waals surface area contributed by atoms with Gasteiger partial charge >= 0.3 is 0 Å². The molecule has 2 heteroatoms. The third kappa shape index (κ3) is 9.60. The van der Waals surface area contributed by atoms with Crippen LogP contribution in [0.1, 0.15) is 38.5 Å². The largest absolute Gasteiger partial charge is 0.266 e. The third-order valence-corrected chi connectivity index (χ3v) is 1.50. The lowest BCUT2D eigenvalue weighted by molar-refractivity contribution is 0.416. The van der Waals surface area contributed by atoms with Gasteiger partial charge in [-0.05, 0) is 18.9 Å². The van der Waals surface area contributed by atoms with Crippen molar-refractivity contribution in [2.24, 2.45) is 0 Å². The smallest absolute Gasteiger partial charge is 0.174 e. The predicted octanol–water partition coefficient (Wildman–Crippen LogP) is 3.94. The van der Waals surface area contributed by atoms with E-state index in [1.807, 2.05) is 0 Å². The van der Waals surface area contributed by atoms with E-state index in [1.54, 1.807) is 0 Å². The van der Waals surface area contributed by atoms with Crippen molar-refractivity contribution < 1.29 is 8.78 Å². The van der Waals surface area contributed by atoms with E-state index in [-0.39, 0.29) is 0 Å². The normalized spacial score (nSPS) is 9.73. The van der Waals surface area contributed by atoms with Crippen LogP contribution < -0.4 is 0 Å². The van der Waals surface area contributed by atoms with E-state index >= 15 is 0 Å². The van der Waals surface area contributed by atoms with Gasteiger partial charge in [0.25, 0.3) is 6.08 Å². The molecule has 0 bridgehead atoms. The molecular formula is C9H15F2. The Hall–Kier alpha value is -0.400. The van der Waals surface area contributed by atoms with Crippen molar-refractivity contribution in [3.63, 3.8) is 0 Å². The molecule has 0 heterocycles. The molecule has 11 heavy (non-hydrogen) atoms. The Balaban J connectivity index is 2.97. The van der Waals surface area contributed by atoms with Crippen LogP contribution in [-0.2, 0) is 0 Å². The van der Waals surface area contributed by atoms with Crippen LogP contribution in [-0.4, -0.2) is 0 Å². The minimum atomic E-state index is -1.55. The van der Waals surface area contributed by atoms with Gasteiger partial charge < -0.3 is 0 Å². The zero-order chi connectivity index (χ0) is 8.53. The van der Waals surface area contributed by atoms with Crippen molar-refractivity contribution in [2.75, 3.05) is 0 Å². The van der Waals surface area contributed by atoms with Crippen LogP contribution in [0.3, 0.4) is 0 Å². The molecule has 0 rings (SSSR count). The van der Waals surface area contributed by atoms with E-state index in [1.165, 1.54) is 0 Å². The van der Waals surface area contributed by atoms with Crippen molar-refractivity contribution in [1.29, 1.82) is 0 Å². The third-order valence-electron chi connectivity index (χ3n) is 1.50. The summed E-state index contributed by atoms with van der Waals surface area (Å²) in [5, 5.41) is 0. The lowest BCUT2D eigenvalue weighted by Gasteiger charge is -1.94. The number of allylic oxidation sites excluding steroid dienone is 1. The molecule has 0 nitrogen and oxygen atoms in total. The summed E-state index contributed by atoms with van der Waals surface area (Å²) in [6.45, 7) is 3.70. The maximum Gasteiger partial charge on any atom is 0.266 e. The first-order valence-electron chi connectivity index (χ1n) is 4.07. The van der Waals surface area contributed by atoms with Crippen LogP contribution in [0.4, 0.5) is 8.78 Å². The van der Waals surface area contributed by atoms with Crippen molar-refractivity contribution in [2.45, 2.75) is 38.5 Å². The molecule has 0 aliphatic heterocycles. The molecule has 0 saturated heterocycles. The van der Waals surface area contributed by atoms with Crippen molar-refractivity contribution in [1.82, 2.24) is 0 Å². The molecule has 0 amide bonds. The summed E-state index contributed by atoms with van der Waals surface area (Å²) in [5.41, 5.74) is 0. The number of rotatable bonds is 6. The monoisotopic (exact) mass is 161 g/mol. The van der Waals surface area contributed by atoms with E-state index in [9.17, 15) is 8.78 Å². The van der Waals surface area contributed by atoms with Gasteiger partial charge in [-0.3, -0.25) is 0 Å². The van der Waals surface area contributed by atoms with Crippen LogP contribution in [0.5, 0.6) is 0 Å². The maximum atomic E-state index is 11.5. The van der Waals surface area contributed by atoms with Crippen molar-refractivity contribution >= 4 is 0 Å². The average Bonchev–Trinajstić information content (AvgIpc) is 1.96. The van der Waals surface area contributed by atoms with Crippen LogP contribution in [0.15, 0.2) is 12.2 Å².